The van der Waals surface area contributed by atoms with Gasteiger partial charge in [-0.15, -0.1) is 0 Å². The fourth-order valence-corrected chi connectivity index (χ4v) is 2.64. The molecular weight excluding hydrogens is 332 g/mol. The van der Waals surface area contributed by atoms with Gasteiger partial charge < -0.3 is 9.15 Å². The van der Waals surface area contributed by atoms with Gasteiger partial charge in [-0.05, 0) is 24.1 Å². The molecule has 0 saturated heterocycles. The van der Waals surface area contributed by atoms with Crippen molar-refractivity contribution in [3.05, 3.63) is 81.7 Å². The van der Waals surface area contributed by atoms with E-state index in [1.807, 2.05) is 12.1 Å². The fraction of sp³-hybridized carbons (Fsp3) is 0.190. The zero-order valence-electron chi connectivity index (χ0n) is 14.4. The summed E-state index contributed by atoms with van der Waals surface area (Å²) < 4.78 is 10.1. The molecule has 1 aromatic heterocycles. The van der Waals surface area contributed by atoms with Gasteiger partial charge in [0.2, 0.25) is 0 Å². The lowest BCUT2D eigenvalue weighted by Gasteiger charge is -2.05. The van der Waals surface area contributed by atoms with E-state index in [4.69, 9.17) is 9.15 Å². The number of rotatable bonds is 6. The van der Waals surface area contributed by atoms with Crippen LogP contribution >= 0.6 is 0 Å². The van der Waals surface area contributed by atoms with Gasteiger partial charge in [0.1, 0.15) is 11.1 Å². The van der Waals surface area contributed by atoms with Gasteiger partial charge in [-0.25, -0.2) is 9.59 Å². The number of ketones is 1. The minimum Gasteiger partial charge on any atom is -0.453 e. The smallest absolute Gasteiger partial charge is 0.351 e. The number of benzene rings is 2. The first kappa shape index (κ1) is 17.6. The summed E-state index contributed by atoms with van der Waals surface area (Å²) in [6.07, 6.45) is 1.97. The SMILES string of the molecule is CCCc1ccc(C(=O)COC(=O)c2cc3ccccc3oc2=O)cc1. The Hall–Kier alpha value is -3.21. The van der Waals surface area contributed by atoms with Gasteiger partial charge in [-0.2, -0.15) is 0 Å². The third-order valence-corrected chi connectivity index (χ3v) is 4.01. The average Bonchev–Trinajstić information content (AvgIpc) is 2.66. The van der Waals surface area contributed by atoms with Crippen molar-refractivity contribution in [2.45, 2.75) is 19.8 Å². The Kier molecular flexibility index (Phi) is 5.27. The summed E-state index contributed by atoms with van der Waals surface area (Å²) >= 11 is 0. The molecule has 0 aliphatic carbocycles. The second-order valence-corrected chi connectivity index (χ2v) is 5.93. The molecule has 0 aliphatic heterocycles. The first-order chi connectivity index (χ1) is 12.6. The van der Waals surface area contributed by atoms with Crippen molar-refractivity contribution in [1.29, 1.82) is 0 Å². The number of hydrogen-bond donors (Lipinski definition) is 0. The fourth-order valence-electron chi connectivity index (χ4n) is 2.64. The van der Waals surface area contributed by atoms with E-state index < -0.39 is 18.2 Å². The molecule has 0 spiro atoms. The predicted molar refractivity (Wildman–Crippen MR) is 97.5 cm³/mol. The third-order valence-electron chi connectivity index (χ3n) is 4.01. The number of fused-ring (bicyclic) bond motifs is 1. The Bertz CT molecular complexity index is 999. The van der Waals surface area contributed by atoms with Crippen molar-refractivity contribution in [3.63, 3.8) is 0 Å². The lowest BCUT2D eigenvalue weighted by atomic mass is 10.1. The maximum Gasteiger partial charge on any atom is 0.351 e. The molecule has 0 aliphatic rings. The van der Waals surface area contributed by atoms with E-state index in [9.17, 15) is 14.4 Å². The largest absolute Gasteiger partial charge is 0.453 e. The van der Waals surface area contributed by atoms with E-state index in [-0.39, 0.29) is 11.3 Å². The van der Waals surface area contributed by atoms with E-state index in [1.54, 1.807) is 36.4 Å². The summed E-state index contributed by atoms with van der Waals surface area (Å²) in [5.74, 6) is -1.20. The second kappa shape index (κ2) is 7.78. The van der Waals surface area contributed by atoms with Crippen LogP contribution in [0.2, 0.25) is 0 Å². The van der Waals surface area contributed by atoms with Crippen LogP contribution in [0.4, 0.5) is 0 Å². The number of ether oxygens (including phenoxy) is 1. The van der Waals surface area contributed by atoms with E-state index in [0.717, 1.165) is 18.4 Å². The van der Waals surface area contributed by atoms with Crippen molar-refractivity contribution in [1.82, 2.24) is 0 Å². The maximum absolute atomic E-state index is 12.2. The van der Waals surface area contributed by atoms with Crippen LogP contribution in [0.1, 0.15) is 39.6 Å². The summed E-state index contributed by atoms with van der Waals surface area (Å²) in [6.45, 7) is 1.65. The van der Waals surface area contributed by atoms with Gasteiger partial charge in [-0.1, -0.05) is 55.8 Å². The minimum atomic E-state index is -0.875. The topological polar surface area (TPSA) is 73.6 Å². The Morgan fingerprint density at radius 2 is 1.77 bits per heavy atom. The highest BCUT2D eigenvalue weighted by Gasteiger charge is 2.17. The number of Topliss-reactive ketones (excluding diaryl/α,β-unsaturated/α-hetero) is 1. The van der Waals surface area contributed by atoms with Gasteiger partial charge in [0, 0.05) is 10.9 Å². The quantitative estimate of drug-likeness (QED) is 0.384. The van der Waals surface area contributed by atoms with Gasteiger partial charge in [-0.3, -0.25) is 4.79 Å². The van der Waals surface area contributed by atoms with Gasteiger partial charge in [0.25, 0.3) is 0 Å². The molecule has 3 aromatic rings. The molecule has 0 fully saturated rings. The highest BCUT2D eigenvalue weighted by atomic mass is 16.5. The van der Waals surface area contributed by atoms with Crippen molar-refractivity contribution >= 4 is 22.7 Å². The van der Waals surface area contributed by atoms with E-state index in [0.29, 0.717) is 16.5 Å². The van der Waals surface area contributed by atoms with Crippen molar-refractivity contribution in [3.8, 4) is 0 Å². The molecule has 2 aromatic carbocycles. The van der Waals surface area contributed by atoms with Crippen LogP contribution in [0, 0.1) is 0 Å². The summed E-state index contributed by atoms with van der Waals surface area (Å²) in [5.41, 5.74) is 0.982. The number of aryl methyl sites for hydroxylation is 1. The van der Waals surface area contributed by atoms with Gasteiger partial charge >= 0.3 is 11.6 Å². The predicted octanol–water partition coefficient (Wildman–Crippen LogP) is 3.79. The molecule has 0 amide bonds. The lowest BCUT2D eigenvalue weighted by Crippen LogP contribution is -2.20. The maximum atomic E-state index is 12.2. The molecule has 0 N–H and O–H groups in total. The molecule has 0 radical (unpaired) electrons. The molecule has 0 bridgehead atoms. The van der Waals surface area contributed by atoms with Crippen molar-refractivity contribution in [2.24, 2.45) is 0 Å². The summed E-state index contributed by atoms with van der Waals surface area (Å²) in [4.78, 5) is 36.3. The number of carbonyl (C=O) groups is 2. The van der Waals surface area contributed by atoms with Crippen molar-refractivity contribution < 1.29 is 18.7 Å². The highest BCUT2D eigenvalue weighted by molar-refractivity contribution is 5.99. The zero-order valence-corrected chi connectivity index (χ0v) is 14.4. The Morgan fingerprint density at radius 1 is 1.04 bits per heavy atom. The first-order valence-corrected chi connectivity index (χ1v) is 8.40. The highest BCUT2D eigenvalue weighted by Crippen LogP contribution is 2.13. The summed E-state index contributed by atoms with van der Waals surface area (Å²) in [5, 5.41) is 0.608. The Balaban J connectivity index is 1.69. The monoisotopic (exact) mass is 350 g/mol. The molecule has 26 heavy (non-hydrogen) atoms. The van der Waals surface area contributed by atoms with E-state index >= 15 is 0 Å². The first-order valence-electron chi connectivity index (χ1n) is 8.40. The molecule has 0 unspecified atom stereocenters. The van der Waals surface area contributed by atoms with Crippen LogP contribution in [0.15, 0.2) is 63.8 Å². The van der Waals surface area contributed by atoms with Crippen LogP contribution < -0.4 is 5.63 Å². The van der Waals surface area contributed by atoms with Crippen LogP contribution in [-0.4, -0.2) is 18.4 Å². The standard InChI is InChI=1S/C21H18O5/c1-2-5-14-8-10-15(11-9-14)18(22)13-25-20(23)17-12-16-6-3-4-7-19(16)26-21(17)24/h3-4,6-12H,2,5,13H2,1H3. The summed E-state index contributed by atoms with van der Waals surface area (Å²) in [6, 6.07) is 15.5. The number of para-hydroxylation sites is 1. The molecular formula is C21H18O5. The molecule has 0 saturated carbocycles. The normalized spacial score (nSPS) is 10.7. The van der Waals surface area contributed by atoms with Crippen LogP contribution in [0.25, 0.3) is 11.0 Å². The van der Waals surface area contributed by atoms with Crippen molar-refractivity contribution in [2.75, 3.05) is 6.61 Å². The third kappa shape index (κ3) is 3.88. The molecule has 132 valence electrons. The number of carbonyl (C=O) groups excluding carboxylic acids is 2. The number of esters is 1. The van der Waals surface area contributed by atoms with Crippen LogP contribution in [0.3, 0.4) is 0 Å². The molecule has 3 rings (SSSR count). The average molecular weight is 350 g/mol. The number of hydrogen-bond acceptors (Lipinski definition) is 5. The molecule has 5 heteroatoms. The molecule has 5 nitrogen and oxygen atoms in total. The van der Waals surface area contributed by atoms with Gasteiger partial charge in [0.15, 0.2) is 12.4 Å². The zero-order chi connectivity index (χ0) is 18.5. The minimum absolute atomic E-state index is 0.227. The molecule has 0 atom stereocenters. The Morgan fingerprint density at radius 3 is 2.50 bits per heavy atom. The Labute approximate surface area is 150 Å². The van der Waals surface area contributed by atoms with Crippen LogP contribution in [0.5, 0.6) is 0 Å². The van der Waals surface area contributed by atoms with Crippen LogP contribution in [-0.2, 0) is 11.2 Å². The van der Waals surface area contributed by atoms with E-state index in [2.05, 4.69) is 6.92 Å². The molecule has 1 heterocycles. The summed E-state index contributed by atoms with van der Waals surface area (Å²) in [7, 11) is 0. The van der Waals surface area contributed by atoms with Gasteiger partial charge in [0.05, 0.1) is 0 Å². The lowest BCUT2D eigenvalue weighted by molar-refractivity contribution is 0.0470. The second-order valence-electron chi connectivity index (χ2n) is 5.93. The van der Waals surface area contributed by atoms with E-state index in [1.165, 1.54) is 6.07 Å².